The van der Waals surface area contributed by atoms with E-state index in [1.807, 2.05) is 36.4 Å². The highest BCUT2D eigenvalue weighted by atomic mass is 35.5. The Morgan fingerprint density at radius 1 is 1.17 bits per heavy atom. The molecule has 0 spiro atoms. The molecule has 2 aromatic rings. The lowest BCUT2D eigenvalue weighted by molar-refractivity contribution is -0.145. The summed E-state index contributed by atoms with van der Waals surface area (Å²) in [5.74, 6) is -0.699. The van der Waals surface area contributed by atoms with Gasteiger partial charge in [-0.2, -0.15) is 0 Å². The number of amides is 1. The molecule has 4 nitrogen and oxygen atoms in total. The monoisotopic (exact) mass is 363 g/mol. The van der Waals surface area contributed by atoms with Gasteiger partial charge < -0.3 is 10.0 Å². The number of fused-ring (bicyclic) bond motifs is 1. The van der Waals surface area contributed by atoms with Crippen LogP contribution in [0, 0.1) is 5.92 Å². The fraction of sp³-hybridized carbons (Fsp3) is 0.333. The first-order valence-corrected chi connectivity index (χ1v) is 9.23. The van der Waals surface area contributed by atoms with Crippen LogP contribution >= 0.6 is 23.4 Å². The molecule has 1 N–H and O–H groups in total. The normalized spacial score (nSPS) is 15.6. The van der Waals surface area contributed by atoms with Crippen molar-refractivity contribution in [3.05, 3.63) is 41.4 Å². The smallest absolute Gasteiger partial charge is 0.306 e. The zero-order valence-electron chi connectivity index (χ0n) is 13.1. The molecule has 1 aliphatic heterocycles. The summed E-state index contributed by atoms with van der Waals surface area (Å²) in [6.45, 7) is 1.04. The predicted octanol–water partition coefficient (Wildman–Crippen LogP) is 3.91. The first kappa shape index (κ1) is 17.1. The second kappa shape index (κ2) is 7.45. The number of nitrogens with zero attached hydrogens (tertiary/aromatic N) is 1. The largest absolute Gasteiger partial charge is 0.481 e. The van der Waals surface area contributed by atoms with Gasteiger partial charge in [0.15, 0.2) is 0 Å². The molecule has 126 valence electrons. The topological polar surface area (TPSA) is 57.6 Å². The van der Waals surface area contributed by atoms with Crippen molar-refractivity contribution in [3.63, 3.8) is 0 Å². The van der Waals surface area contributed by atoms with Crippen molar-refractivity contribution in [1.29, 1.82) is 0 Å². The van der Waals surface area contributed by atoms with Crippen molar-refractivity contribution in [2.45, 2.75) is 17.7 Å². The third-order valence-corrected chi connectivity index (χ3v) is 5.72. The van der Waals surface area contributed by atoms with Crippen LogP contribution in [-0.2, 0) is 9.59 Å². The van der Waals surface area contributed by atoms with E-state index in [0.717, 1.165) is 15.7 Å². The average Bonchev–Trinajstić information content (AvgIpc) is 2.60. The van der Waals surface area contributed by atoms with E-state index in [1.54, 1.807) is 4.90 Å². The van der Waals surface area contributed by atoms with Crippen LogP contribution in [-0.4, -0.2) is 40.7 Å². The molecule has 0 radical (unpaired) electrons. The molecule has 0 atom stereocenters. The summed E-state index contributed by atoms with van der Waals surface area (Å²) in [7, 11) is 0. The van der Waals surface area contributed by atoms with Gasteiger partial charge in [-0.3, -0.25) is 9.59 Å². The number of carbonyl (C=O) groups excluding carboxylic acids is 1. The van der Waals surface area contributed by atoms with E-state index in [4.69, 9.17) is 16.7 Å². The van der Waals surface area contributed by atoms with Crippen LogP contribution in [0.5, 0.6) is 0 Å². The van der Waals surface area contributed by atoms with Crippen molar-refractivity contribution in [2.24, 2.45) is 5.92 Å². The number of piperidine rings is 1. The Balaban J connectivity index is 1.64. The van der Waals surface area contributed by atoms with Crippen molar-refractivity contribution < 1.29 is 14.7 Å². The molecule has 1 fully saturated rings. The first-order chi connectivity index (χ1) is 11.6. The van der Waals surface area contributed by atoms with Crippen molar-refractivity contribution in [1.82, 2.24) is 4.90 Å². The number of carboxylic acid groups (broad SMARTS) is 1. The number of halogens is 1. The van der Waals surface area contributed by atoms with Gasteiger partial charge >= 0.3 is 5.97 Å². The van der Waals surface area contributed by atoms with Crippen LogP contribution in [0.3, 0.4) is 0 Å². The molecule has 0 unspecified atom stereocenters. The Bertz CT molecular complexity index is 767. The summed E-state index contributed by atoms with van der Waals surface area (Å²) >= 11 is 7.79. The van der Waals surface area contributed by atoms with Crippen LogP contribution in [0.15, 0.2) is 41.3 Å². The molecule has 1 amide bonds. The first-order valence-electron chi connectivity index (χ1n) is 7.87. The number of aliphatic carboxylic acids is 1. The number of rotatable bonds is 4. The molecule has 1 aliphatic rings. The molecule has 0 aliphatic carbocycles. The van der Waals surface area contributed by atoms with E-state index in [2.05, 4.69) is 0 Å². The molecule has 24 heavy (non-hydrogen) atoms. The van der Waals surface area contributed by atoms with Crippen LogP contribution < -0.4 is 0 Å². The van der Waals surface area contributed by atoms with Crippen LogP contribution in [0.4, 0.5) is 0 Å². The van der Waals surface area contributed by atoms with Gasteiger partial charge in [0, 0.05) is 28.4 Å². The van der Waals surface area contributed by atoms with E-state index < -0.39 is 5.97 Å². The Labute approximate surface area is 149 Å². The van der Waals surface area contributed by atoms with Gasteiger partial charge in [-0.1, -0.05) is 35.9 Å². The van der Waals surface area contributed by atoms with E-state index in [1.165, 1.54) is 11.8 Å². The lowest BCUT2D eigenvalue weighted by atomic mass is 9.97. The Morgan fingerprint density at radius 2 is 1.83 bits per heavy atom. The molecular weight excluding hydrogens is 346 g/mol. The molecule has 0 aromatic heterocycles. The summed E-state index contributed by atoms with van der Waals surface area (Å²) < 4.78 is 0. The number of benzene rings is 2. The molecule has 3 rings (SSSR count). The quantitative estimate of drug-likeness (QED) is 0.837. The van der Waals surface area contributed by atoms with Gasteiger partial charge in [-0.25, -0.2) is 0 Å². The maximum Gasteiger partial charge on any atom is 0.306 e. The average molecular weight is 364 g/mol. The summed E-state index contributed by atoms with van der Waals surface area (Å²) in [5.41, 5.74) is 0. The maximum absolute atomic E-state index is 12.4. The number of carboxylic acids is 1. The number of hydrogen-bond donors (Lipinski definition) is 1. The number of carbonyl (C=O) groups is 2. The standard InChI is InChI=1S/C18H18ClNO3S/c19-14-5-1-3-12-4-2-6-15(17(12)14)24-11-16(21)20-9-7-13(8-10-20)18(22)23/h1-6,13H,7-11H2,(H,22,23). The van der Waals surface area contributed by atoms with Crippen LogP contribution in [0.1, 0.15) is 12.8 Å². The van der Waals surface area contributed by atoms with Crippen molar-refractivity contribution >= 4 is 46.0 Å². The summed E-state index contributed by atoms with van der Waals surface area (Å²) in [5, 5.41) is 11.7. The van der Waals surface area contributed by atoms with Gasteiger partial charge in [0.05, 0.1) is 11.7 Å². The van der Waals surface area contributed by atoms with E-state index in [-0.39, 0.29) is 11.8 Å². The van der Waals surface area contributed by atoms with Gasteiger partial charge in [-0.05, 0) is 30.4 Å². The molecule has 1 saturated heterocycles. The van der Waals surface area contributed by atoms with Gasteiger partial charge in [0.2, 0.25) is 5.91 Å². The lowest BCUT2D eigenvalue weighted by Gasteiger charge is -2.30. The fourth-order valence-corrected chi connectivity index (χ4v) is 4.34. The van der Waals surface area contributed by atoms with E-state index in [0.29, 0.717) is 36.7 Å². The molecule has 6 heteroatoms. The highest BCUT2D eigenvalue weighted by molar-refractivity contribution is 8.00. The molecule has 0 saturated carbocycles. The summed E-state index contributed by atoms with van der Waals surface area (Å²) in [6.07, 6.45) is 1.07. The Kier molecular flexibility index (Phi) is 5.31. The van der Waals surface area contributed by atoms with Crippen molar-refractivity contribution in [2.75, 3.05) is 18.8 Å². The summed E-state index contributed by atoms with van der Waals surface area (Å²) in [4.78, 5) is 26.1. The highest BCUT2D eigenvalue weighted by Crippen LogP contribution is 2.33. The molecular formula is C18H18ClNO3S. The molecule has 0 bridgehead atoms. The van der Waals surface area contributed by atoms with Crippen LogP contribution in [0.25, 0.3) is 10.8 Å². The van der Waals surface area contributed by atoms with Gasteiger partial charge in [-0.15, -0.1) is 11.8 Å². The SMILES string of the molecule is O=C(O)C1CCN(C(=O)CSc2cccc3cccc(Cl)c23)CC1. The summed E-state index contributed by atoms with van der Waals surface area (Å²) in [6, 6.07) is 11.7. The van der Waals surface area contributed by atoms with Gasteiger partial charge in [0.1, 0.15) is 0 Å². The van der Waals surface area contributed by atoms with Crippen LogP contribution in [0.2, 0.25) is 5.02 Å². The highest BCUT2D eigenvalue weighted by Gasteiger charge is 2.26. The van der Waals surface area contributed by atoms with Gasteiger partial charge in [0.25, 0.3) is 0 Å². The minimum atomic E-state index is -0.762. The number of thioether (sulfide) groups is 1. The number of hydrogen-bond acceptors (Lipinski definition) is 3. The zero-order chi connectivity index (χ0) is 17.1. The second-order valence-electron chi connectivity index (χ2n) is 5.88. The number of likely N-dealkylation sites (tertiary alicyclic amines) is 1. The minimum absolute atomic E-state index is 0.0490. The maximum atomic E-state index is 12.4. The van der Waals surface area contributed by atoms with E-state index >= 15 is 0 Å². The zero-order valence-corrected chi connectivity index (χ0v) is 14.6. The van der Waals surface area contributed by atoms with Crippen molar-refractivity contribution in [3.8, 4) is 0 Å². The Morgan fingerprint density at radius 3 is 2.50 bits per heavy atom. The Hall–Kier alpha value is -1.72. The molecule has 1 heterocycles. The second-order valence-corrected chi connectivity index (χ2v) is 7.30. The third kappa shape index (κ3) is 3.68. The predicted molar refractivity (Wildman–Crippen MR) is 96.6 cm³/mol. The molecule has 2 aromatic carbocycles. The van der Waals surface area contributed by atoms with E-state index in [9.17, 15) is 9.59 Å². The third-order valence-electron chi connectivity index (χ3n) is 4.36. The fourth-order valence-electron chi connectivity index (χ4n) is 2.99. The lowest BCUT2D eigenvalue weighted by Crippen LogP contribution is -2.41. The minimum Gasteiger partial charge on any atom is -0.481 e.